The van der Waals surface area contributed by atoms with Gasteiger partial charge in [0, 0.05) is 17.4 Å². The van der Waals surface area contributed by atoms with Gasteiger partial charge in [-0.2, -0.15) is 0 Å². The van der Waals surface area contributed by atoms with Crippen LogP contribution < -0.4 is 5.32 Å². The van der Waals surface area contributed by atoms with Crippen molar-refractivity contribution in [2.24, 2.45) is 0 Å². The van der Waals surface area contributed by atoms with Crippen molar-refractivity contribution >= 4 is 22.1 Å². The number of hydrogen-bond donors (Lipinski definition) is 1. The molecule has 108 valence electrons. The van der Waals surface area contributed by atoms with Crippen molar-refractivity contribution < 1.29 is 4.39 Å². The zero-order valence-corrected chi connectivity index (χ0v) is 12.6. The number of hydrogen-bond acceptors (Lipinski definition) is 4. The Morgan fingerprint density at radius 3 is 2.71 bits per heavy atom. The summed E-state index contributed by atoms with van der Waals surface area (Å²) in [5, 5.41) is 15.0. The highest BCUT2D eigenvalue weighted by atomic mass is 32.1. The number of halogens is 1. The fourth-order valence-corrected chi connectivity index (χ4v) is 3.25. The van der Waals surface area contributed by atoms with E-state index in [4.69, 9.17) is 0 Å². The summed E-state index contributed by atoms with van der Waals surface area (Å²) in [5.74, 6) is -0.201. The summed E-state index contributed by atoms with van der Waals surface area (Å²) in [4.78, 5) is 0. The quantitative estimate of drug-likeness (QED) is 0.731. The monoisotopic (exact) mass is 301 g/mol. The van der Waals surface area contributed by atoms with E-state index in [0.29, 0.717) is 5.39 Å². The summed E-state index contributed by atoms with van der Waals surface area (Å²) >= 11 is 1.58. The summed E-state index contributed by atoms with van der Waals surface area (Å²) in [6, 6.07) is 10.8. The van der Waals surface area contributed by atoms with E-state index in [2.05, 4.69) is 15.5 Å². The molecule has 0 aliphatic rings. The Balaban J connectivity index is 1.96. The van der Waals surface area contributed by atoms with Crippen molar-refractivity contribution in [2.45, 2.75) is 12.8 Å². The number of benzene rings is 2. The Hall–Kier alpha value is -1.85. The second-order valence-electron chi connectivity index (χ2n) is 4.85. The van der Waals surface area contributed by atoms with E-state index in [1.54, 1.807) is 23.5 Å². The maximum atomic E-state index is 13.9. The Morgan fingerprint density at radius 1 is 1.10 bits per heavy atom. The maximum absolute atomic E-state index is 13.9. The molecule has 0 amide bonds. The Kier molecular flexibility index (Phi) is 4.22. The first-order valence-electron chi connectivity index (χ1n) is 6.94. The van der Waals surface area contributed by atoms with Gasteiger partial charge in [0.25, 0.3) is 0 Å². The molecule has 0 saturated heterocycles. The molecule has 0 aliphatic carbocycles. The van der Waals surface area contributed by atoms with Gasteiger partial charge < -0.3 is 5.32 Å². The Bertz CT molecular complexity index is 754. The zero-order chi connectivity index (χ0) is 14.7. The lowest BCUT2D eigenvalue weighted by atomic mass is 10.0. The first-order valence-corrected chi connectivity index (χ1v) is 7.76. The summed E-state index contributed by atoms with van der Waals surface area (Å²) in [6.45, 7) is 0.967. The van der Waals surface area contributed by atoms with E-state index in [9.17, 15) is 4.39 Å². The van der Waals surface area contributed by atoms with Crippen molar-refractivity contribution in [1.29, 1.82) is 0 Å². The predicted molar refractivity (Wildman–Crippen MR) is 85.1 cm³/mol. The van der Waals surface area contributed by atoms with Crippen molar-refractivity contribution in [2.75, 3.05) is 13.6 Å². The van der Waals surface area contributed by atoms with Crippen LogP contribution in [0.15, 0.2) is 36.4 Å². The number of fused-ring (bicyclic) bond motifs is 1. The van der Waals surface area contributed by atoms with Crippen LogP contribution in [-0.2, 0) is 6.42 Å². The standard InChI is InChI=1S/C16H16FN3S/c1-18-10-4-7-15-19-20-16(21-15)13-8-9-14(17)12-6-3-2-5-11(12)13/h2-3,5-6,8-9,18H,4,7,10H2,1H3. The molecule has 3 rings (SSSR count). The molecule has 0 unspecified atom stereocenters. The third-order valence-corrected chi connectivity index (χ3v) is 4.40. The molecule has 1 aromatic heterocycles. The fourth-order valence-electron chi connectivity index (χ4n) is 2.33. The molecule has 0 bridgehead atoms. The van der Waals surface area contributed by atoms with Crippen molar-refractivity contribution in [1.82, 2.24) is 15.5 Å². The van der Waals surface area contributed by atoms with Gasteiger partial charge in [-0.1, -0.05) is 35.6 Å². The van der Waals surface area contributed by atoms with Gasteiger partial charge in [-0.25, -0.2) is 4.39 Å². The van der Waals surface area contributed by atoms with Crippen LogP contribution in [-0.4, -0.2) is 23.8 Å². The molecular formula is C16H16FN3S. The van der Waals surface area contributed by atoms with Crippen LogP contribution >= 0.6 is 11.3 Å². The number of nitrogens with one attached hydrogen (secondary N) is 1. The molecule has 21 heavy (non-hydrogen) atoms. The average Bonchev–Trinajstić information content (AvgIpc) is 2.97. The number of aryl methyl sites for hydroxylation is 1. The van der Waals surface area contributed by atoms with Crippen LogP contribution in [0.5, 0.6) is 0 Å². The van der Waals surface area contributed by atoms with E-state index in [-0.39, 0.29) is 5.82 Å². The van der Waals surface area contributed by atoms with Gasteiger partial charge in [-0.3, -0.25) is 0 Å². The van der Waals surface area contributed by atoms with Crippen LogP contribution in [0.1, 0.15) is 11.4 Å². The fraction of sp³-hybridized carbons (Fsp3) is 0.250. The highest BCUT2D eigenvalue weighted by Crippen LogP contribution is 2.32. The molecule has 0 atom stereocenters. The Morgan fingerprint density at radius 2 is 1.90 bits per heavy atom. The molecule has 0 aliphatic heterocycles. The van der Waals surface area contributed by atoms with Gasteiger partial charge in [0.1, 0.15) is 15.8 Å². The zero-order valence-electron chi connectivity index (χ0n) is 11.8. The summed E-state index contributed by atoms with van der Waals surface area (Å²) in [6.07, 6.45) is 1.95. The SMILES string of the molecule is CNCCCc1nnc(-c2ccc(F)c3ccccc23)s1. The second kappa shape index (κ2) is 6.28. The summed E-state index contributed by atoms with van der Waals surface area (Å²) < 4.78 is 13.9. The first-order chi connectivity index (χ1) is 10.3. The highest BCUT2D eigenvalue weighted by molar-refractivity contribution is 7.14. The topological polar surface area (TPSA) is 37.8 Å². The van der Waals surface area contributed by atoms with E-state index in [1.165, 1.54) is 6.07 Å². The van der Waals surface area contributed by atoms with Crippen LogP contribution in [0.4, 0.5) is 4.39 Å². The number of aromatic nitrogens is 2. The minimum absolute atomic E-state index is 0.201. The summed E-state index contributed by atoms with van der Waals surface area (Å²) in [7, 11) is 1.94. The third-order valence-electron chi connectivity index (χ3n) is 3.39. The predicted octanol–water partition coefficient (Wildman–Crippen LogP) is 3.65. The molecule has 2 aromatic carbocycles. The molecule has 0 fully saturated rings. The summed E-state index contributed by atoms with van der Waals surface area (Å²) in [5.41, 5.74) is 0.948. The normalized spacial score (nSPS) is 11.1. The lowest BCUT2D eigenvalue weighted by Gasteiger charge is -2.04. The maximum Gasteiger partial charge on any atom is 0.148 e. The second-order valence-corrected chi connectivity index (χ2v) is 5.91. The molecule has 3 aromatic rings. The molecule has 0 spiro atoms. The lowest BCUT2D eigenvalue weighted by Crippen LogP contribution is -2.08. The largest absolute Gasteiger partial charge is 0.320 e. The van der Waals surface area contributed by atoms with Gasteiger partial charge in [0.05, 0.1) is 0 Å². The van der Waals surface area contributed by atoms with Crippen LogP contribution in [0.3, 0.4) is 0 Å². The smallest absolute Gasteiger partial charge is 0.148 e. The van der Waals surface area contributed by atoms with Crippen LogP contribution in [0.2, 0.25) is 0 Å². The number of nitrogens with zero attached hydrogens (tertiary/aromatic N) is 2. The van der Waals surface area contributed by atoms with Gasteiger partial charge >= 0.3 is 0 Å². The van der Waals surface area contributed by atoms with Gasteiger partial charge in [-0.05, 0) is 37.5 Å². The Labute approximate surface area is 126 Å². The lowest BCUT2D eigenvalue weighted by molar-refractivity contribution is 0.640. The molecular weight excluding hydrogens is 285 g/mol. The van der Waals surface area contributed by atoms with E-state index < -0.39 is 0 Å². The van der Waals surface area contributed by atoms with Crippen molar-refractivity contribution in [3.8, 4) is 10.6 Å². The molecule has 1 heterocycles. The molecule has 1 N–H and O–H groups in total. The van der Waals surface area contributed by atoms with Crippen molar-refractivity contribution in [3.63, 3.8) is 0 Å². The van der Waals surface area contributed by atoms with Gasteiger partial charge in [-0.15, -0.1) is 10.2 Å². The van der Waals surface area contributed by atoms with Crippen LogP contribution in [0, 0.1) is 5.82 Å². The van der Waals surface area contributed by atoms with Gasteiger partial charge in [0.15, 0.2) is 0 Å². The van der Waals surface area contributed by atoms with E-state index in [1.807, 2.05) is 25.2 Å². The third kappa shape index (κ3) is 2.94. The van der Waals surface area contributed by atoms with E-state index in [0.717, 1.165) is 40.4 Å². The minimum Gasteiger partial charge on any atom is -0.320 e. The average molecular weight is 301 g/mol. The molecule has 0 radical (unpaired) electrons. The minimum atomic E-state index is -0.201. The van der Waals surface area contributed by atoms with Gasteiger partial charge in [0.2, 0.25) is 0 Å². The first kappa shape index (κ1) is 14.1. The molecule has 3 nitrogen and oxygen atoms in total. The molecule has 5 heteroatoms. The molecule has 0 saturated carbocycles. The highest BCUT2D eigenvalue weighted by Gasteiger charge is 2.11. The van der Waals surface area contributed by atoms with Crippen molar-refractivity contribution in [3.05, 3.63) is 47.2 Å². The van der Waals surface area contributed by atoms with Crippen LogP contribution in [0.25, 0.3) is 21.3 Å². The van der Waals surface area contributed by atoms with E-state index >= 15 is 0 Å². The number of rotatable bonds is 5.